The maximum absolute atomic E-state index is 5.99. The lowest BCUT2D eigenvalue weighted by molar-refractivity contribution is 0.143. The topological polar surface area (TPSA) is 38.5 Å². The van der Waals surface area contributed by atoms with E-state index in [2.05, 4.69) is 46.0 Å². The Morgan fingerprint density at radius 2 is 2.30 bits per heavy atom. The number of ether oxygens (including phenoxy) is 1. The highest BCUT2D eigenvalue weighted by Crippen LogP contribution is 2.29. The number of hydrogen-bond donors (Lipinski definition) is 1. The predicted molar refractivity (Wildman–Crippen MR) is 88.3 cm³/mol. The fourth-order valence-electron chi connectivity index (χ4n) is 3.03. The van der Waals surface area contributed by atoms with Gasteiger partial charge >= 0.3 is 0 Å². The molecule has 0 aromatic heterocycles. The van der Waals surface area contributed by atoms with E-state index < -0.39 is 0 Å². The molecule has 0 bridgehead atoms. The van der Waals surface area contributed by atoms with Gasteiger partial charge in [0, 0.05) is 36.4 Å². The van der Waals surface area contributed by atoms with Gasteiger partial charge in [-0.2, -0.15) is 0 Å². The third kappa shape index (κ3) is 4.21. The monoisotopic (exact) mass is 340 g/mol. The summed E-state index contributed by atoms with van der Waals surface area (Å²) < 4.78 is 6.45. The van der Waals surface area contributed by atoms with Gasteiger partial charge in [0.1, 0.15) is 0 Å². The fourth-order valence-corrected chi connectivity index (χ4v) is 3.44. The zero-order valence-corrected chi connectivity index (χ0v) is 14.0. The van der Waals surface area contributed by atoms with Crippen LogP contribution >= 0.6 is 15.9 Å². The van der Waals surface area contributed by atoms with Gasteiger partial charge in [-0.05, 0) is 55.9 Å². The number of anilines is 1. The van der Waals surface area contributed by atoms with Gasteiger partial charge in [-0.15, -0.1) is 0 Å². The van der Waals surface area contributed by atoms with Crippen molar-refractivity contribution in [2.45, 2.75) is 32.2 Å². The van der Waals surface area contributed by atoms with Gasteiger partial charge < -0.3 is 15.4 Å². The van der Waals surface area contributed by atoms with E-state index in [9.17, 15) is 0 Å². The van der Waals surface area contributed by atoms with Crippen molar-refractivity contribution in [3.63, 3.8) is 0 Å². The van der Waals surface area contributed by atoms with Crippen molar-refractivity contribution in [3.05, 3.63) is 28.2 Å². The highest BCUT2D eigenvalue weighted by atomic mass is 79.9. The molecule has 1 fully saturated rings. The molecule has 1 aromatic rings. The maximum atomic E-state index is 5.99. The average molecular weight is 341 g/mol. The Morgan fingerprint density at radius 1 is 1.50 bits per heavy atom. The number of halogens is 1. The molecule has 1 saturated heterocycles. The van der Waals surface area contributed by atoms with Crippen molar-refractivity contribution in [3.8, 4) is 0 Å². The molecule has 1 aliphatic heterocycles. The summed E-state index contributed by atoms with van der Waals surface area (Å²) in [6, 6.07) is 6.73. The van der Waals surface area contributed by atoms with Gasteiger partial charge in [0.2, 0.25) is 0 Å². The lowest BCUT2D eigenvalue weighted by Gasteiger charge is -2.35. The van der Waals surface area contributed by atoms with Crippen LogP contribution in [0.2, 0.25) is 0 Å². The SMILES string of the molecule is COCC1CCCN(c2ccc(Br)cc2CC(C)N)C1. The van der Waals surface area contributed by atoms with Crippen LogP contribution in [0.4, 0.5) is 5.69 Å². The van der Waals surface area contributed by atoms with E-state index in [4.69, 9.17) is 10.5 Å². The molecule has 0 aliphatic carbocycles. The zero-order valence-electron chi connectivity index (χ0n) is 12.4. The molecule has 2 N–H and O–H groups in total. The van der Waals surface area contributed by atoms with E-state index >= 15 is 0 Å². The summed E-state index contributed by atoms with van der Waals surface area (Å²) in [6.07, 6.45) is 3.42. The van der Waals surface area contributed by atoms with Crippen LogP contribution in [0.3, 0.4) is 0 Å². The van der Waals surface area contributed by atoms with Crippen LogP contribution in [0, 0.1) is 5.92 Å². The Balaban J connectivity index is 2.18. The molecule has 20 heavy (non-hydrogen) atoms. The highest BCUT2D eigenvalue weighted by molar-refractivity contribution is 9.10. The van der Waals surface area contributed by atoms with Crippen LogP contribution in [-0.4, -0.2) is 32.8 Å². The smallest absolute Gasteiger partial charge is 0.0507 e. The van der Waals surface area contributed by atoms with E-state index in [1.54, 1.807) is 7.11 Å². The molecule has 1 aromatic carbocycles. The van der Waals surface area contributed by atoms with Gasteiger partial charge in [-0.1, -0.05) is 15.9 Å². The number of rotatable bonds is 5. The second-order valence-electron chi connectivity index (χ2n) is 5.86. The summed E-state index contributed by atoms with van der Waals surface area (Å²) in [7, 11) is 1.79. The summed E-state index contributed by atoms with van der Waals surface area (Å²) in [5.41, 5.74) is 8.67. The van der Waals surface area contributed by atoms with Crippen molar-refractivity contribution >= 4 is 21.6 Å². The minimum absolute atomic E-state index is 0.183. The Kier molecular flexibility index (Phi) is 5.87. The van der Waals surface area contributed by atoms with Crippen molar-refractivity contribution in [2.75, 3.05) is 31.7 Å². The molecule has 1 heterocycles. The summed E-state index contributed by atoms with van der Waals surface area (Å²) in [4.78, 5) is 2.50. The Morgan fingerprint density at radius 3 is 3.00 bits per heavy atom. The van der Waals surface area contributed by atoms with Crippen LogP contribution < -0.4 is 10.6 Å². The first-order chi connectivity index (χ1) is 9.60. The number of piperidine rings is 1. The maximum Gasteiger partial charge on any atom is 0.0507 e. The van der Waals surface area contributed by atoms with Crippen molar-refractivity contribution in [2.24, 2.45) is 11.7 Å². The number of methoxy groups -OCH3 is 1. The Labute approximate surface area is 130 Å². The van der Waals surface area contributed by atoms with Crippen LogP contribution in [0.25, 0.3) is 0 Å². The molecule has 2 atom stereocenters. The first-order valence-electron chi connectivity index (χ1n) is 7.38. The largest absolute Gasteiger partial charge is 0.384 e. The molecule has 2 rings (SSSR count). The number of nitrogens with zero attached hydrogens (tertiary/aromatic N) is 1. The van der Waals surface area contributed by atoms with Crippen LogP contribution in [-0.2, 0) is 11.2 Å². The Hall–Kier alpha value is -0.580. The molecule has 0 saturated carbocycles. The number of benzene rings is 1. The van der Waals surface area contributed by atoms with Gasteiger partial charge in [0.05, 0.1) is 6.61 Å². The molecule has 1 aliphatic rings. The van der Waals surface area contributed by atoms with E-state index in [-0.39, 0.29) is 6.04 Å². The van der Waals surface area contributed by atoms with Crippen molar-refractivity contribution in [1.82, 2.24) is 0 Å². The van der Waals surface area contributed by atoms with Crippen molar-refractivity contribution in [1.29, 1.82) is 0 Å². The van der Waals surface area contributed by atoms with Gasteiger partial charge in [0.15, 0.2) is 0 Å². The molecule has 4 heteroatoms. The number of hydrogen-bond acceptors (Lipinski definition) is 3. The first-order valence-corrected chi connectivity index (χ1v) is 8.17. The highest BCUT2D eigenvalue weighted by Gasteiger charge is 2.22. The molecule has 3 nitrogen and oxygen atoms in total. The first kappa shape index (κ1) is 15.8. The van der Waals surface area contributed by atoms with Crippen LogP contribution in [0.15, 0.2) is 22.7 Å². The molecular weight excluding hydrogens is 316 g/mol. The van der Waals surface area contributed by atoms with Gasteiger partial charge in [-0.3, -0.25) is 0 Å². The molecule has 0 spiro atoms. The lowest BCUT2D eigenvalue weighted by atomic mass is 9.96. The lowest BCUT2D eigenvalue weighted by Crippen LogP contribution is -2.38. The average Bonchev–Trinajstić information content (AvgIpc) is 2.39. The third-order valence-corrected chi connectivity index (χ3v) is 4.34. The van der Waals surface area contributed by atoms with E-state index in [1.165, 1.54) is 24.1 Å². The van der Waals surface area contributed by atoms with Crippen molar-refractivity contribution < 1.29 is 4.74 Å². The zero-order chi connectivity index (χ0) is 14.5. The number of nitrogens with two attached hydrogens (primary N) is 1. The summed E-state index contributed by atoms with van der Waals surface area (Å²) in [6.45, 7) is 5.14. The minimum Gasteiger partial charge on any atom is -0.384 e. The van der Waals surface area contributed by atoms with Crippen LogP contribution in [0.1, 0.15) is 25.3 Å². The molecule has 112 valence electrons. The summed E-state index contributed by atoms with van der Waals surface area (Å²) in [5, 5.41) is 0. The second-order valence-corrected chi connectivity index (χ2v) is 6.78. The van der Waals surface area contributed by atoms with E-state index in [0.717, 1.165) is 30.6 Å². The summed E-state index contributed by atoms with van der Waals surface area (Å²) in [5.74, 6) is 0.639. The van der Waals surface area contributed by atoms with E-state index in [1.807, 2.05) is 0 Å². The van der Waals surface area contributed by atoms with Crippen LogP contribution in [0.5, 0.6) is 0 Å². The van der Waals surface area contributed by atoms with Gasteiger partial charge in [-0.25, -0.2) is 0 Å². The third-order valence-electron chi connectivity index (χ3n) is 3.85. The second kappa shape index (κ2) is 7.43. The standard InChI is InChI=1S/C16H25BrN2O/c1-12(18)8-14-9-15(17)5-6-16(14)19-7-3-4-13(10-19)11-20-2/h5-6,9,12-13H,3-4,7-8,10-11,18H2,1-2H3. The normalized spacial score (nSPS) is 21.0. The van der Waals surface area contributed by atoms with E-state index in [0.29, 0.717) is 5.92 Å². The summed E-state index contributed by atoms with van der Waals surface area (Å²) >= 11 is 3.57. The quantitative estimate of drug-likeness (QED) is 0.894. The minimum atomic E-state index is 0.183. The molecular formula is C16H25BrN2O. The Bertz CT molecular complexity index is 434. The molecule has 0 amide bonds. The van der Waals surface area contributed by atoms with Gasteiger partial charge in [0.25, 0.3) is 0 Å². The molecule has 2 unspecified atom stereocenters. The molecule has 0 radical (unpaired) electrons. The predicted octanol–water partition coefficient (Wildman–Crippen LogP) is 3.20. The fraction of sp³-hybridized carbons (Fsp3) is 0.625.